The van der Waals surface area contributed by atoms with Crippen molar-refractivity contribution < 1.29 is 9.59 Å². The van der Waals surface area contributed by atoms with Gasteiger partial charge in [-0.3, -0.25) is 14.5 Å². The maximum atomic E-state index is 12.1. The molecule has 1 aliphatic heterocycles. The van der Waals surface area contributed by atoms with Crippen LogP contribution in [0.1, 0.15) is 19.4 Å². The molecule has 6 nitrogen and oxygen atoms in total. The quantitative estimate of drug-likeness (QED) is 0.857. The molecule has 2 N–H and O–H groups in total. The Hall–Kier alpha value is -2.39. The number of carbonyl (C=O) groups excluding carboxylic acids is 2. The number of amides is 2. The third-order valence-corrected chi connectivity index (χ3v) is 3.65. The normalized spacial score (nSPS) is 17.7. The first-order valence-electron chi connectivity index (χ1n) is 6.77. The second-order valence-electron chi connectivity index (χ2n) is 5.47. The zero-order valence-corrected chi connectivity index (χ0v) is 12.1. The molecule has 1 aromatic rings. The van der Waals surface area contributed by atoms with Gasteiger partial charge in [-0.05, 0) is 38.1 Å². The van der Waals surface area contributed by atoms with E-state index >= 15 is 0 Å². The SMILES string of the molecule is CC1(C)C(=O)NCCN1CC(=O)Nc1ccc(C#N)cc1. The van der Waals surface area contributed by atoms with E-state index in [1.54, 1.807) is 38.1 Å². The summed E-state index contributed by atoms with van der Waals surface area (Å²) in [5.74, 6) is -0.248. The molecule has 0 bridgehead atoms. The van der Waals surface area contributed by atoms with Crippen LogP contribution in [0.25, 0.3) is 0 Å². The van der Waals surface area contributed by atoms with Crippen molar-refractivity contribution in [3.63, 3.8) is 0 Å². The lowest BCUT2D eigenvalue weighted by atomic mass is 9.99. The Morgan fingerprint density at radius 2 is 2.10 bits per heavy atom. The maximum Gasteiger partial charge on any atom is 0.240 e. The summed E-state index contributed by atoms with van der Waals surface area (Å²) in [6.07, 6.45) is 0. The monoisotopic (exact) mass is 286 g/mol. The number of benzene rings is 1. The highest BCUT2D eigenvalue weighted by molar-refractivity contribution is 5.93. The largest absolute Gasteiger partial charge is 0.353 e. The first kappa shape index (κ1) is 15.0. The van der Waals surface area contributed by atoms with Gasteiger partial charge in [-0.15, -0.1) is 0 Å². The summed E-state index contributed by atoms with van der Waals surface area (Å²) >= 11 is 0. The first-order valence-corrected chi connectivity index (χ1v) is 6.77. The number of nitriles is 1. The van der Waals surface area contributed by atoms with Crippen molar-refractivity contribution in [2.24, 2.45) is 0 Å². The molecule has 2 amide bonds. The molecule has 0 aliphatic carbocycles. The van der Waals surface area contributed by atoms with Gasteiger partial charge in [0.25, 0.3) is 0 Å². The number of piperazine rings is 1. The molecule has 1 heterocycles. The standard InChI is InChI=1S/C15H18N4O2/c1-15(2)14(21)17-7-8-19(15)10-13(20)18-12-5-3-11(9-16)4-6-12/h3-6H,7-8,10H2,1-2H3,(H,17,21)(H,18,20). The van der Waals surface area contributed by atoms with E-state index in [1.165, 1.54) is 0 Å². The number of anilines is 1. The smallest absolute Gasteiger partial charge is 0.240 e. The predicted molar refractivity (Wildman–Crippen MR) is 78.4 cm³/mol. The lowest BCUT2D eigenvalue weighted by Gasteiger charge is -2.40. The summed E-state index contributed by atoms with van der Waals surface area (Å²) in [5.41, 5.74) is 0.486. The molecular weight excluding hydrogens is 268 g/mol. The van der Waals surface area contributed by atoms with Crippen molar-refractivity contribution >= 4 is 17.5 Å². The molecule has 21 heavy (non-hydrogen) atoms. The van der Waals surface area contributed by atoms with E-state index in [0.29, 0.717) is 24.3 Å². The average Bonchev–Trinajstić information content (AvgIpc) is 2.45. The van der Waals surface area contributed by atoms with Gasteiger partial charge in [0, 0.05) is 18.8 Å². The van der Waals surface area contributed by atoms with E-state index in [0.717, 1.165) is 0 Å². The predicted octanol–water partition coefficient (Wildman–Crippen LogP) is 0.707. The summed E-state index contributed by atoms with van der Waals surface area (Å²) in [6, 6.07) is 8.69. The van der Waals surface area contributed by atoms with Crippen molar-refractivity contribution in [1.82, 2.24) is 10.2 Å². The van der Waals surface area contributed by atoms with Crippen LogP contribution < -0.4 is 10.6 Å². The van der Waals surface area contributed by atoms with Gasteiger partial charge >= 0.3 is 0 Å². The van der Waals surface area contributed by atoms with Crippen LogP contribution in [0.15, 0.2) is 24.3 Å². The van der Waals surface area contributed by atoms with Crippen molar-refractivity contribution in [3.05, 3.63) is 29.8 Å². The Balaban J connectivity index is 1.98. The van der Waals surface area contributed by atoms with Gasteiger partial charge in [0.1, 0.15) is 0 Å². The van der Waals surface area contributed by atoms with Crippen LogP contribution in [-0.2, 0) is 9.59 Å². The van der Waals surface area contributed by atoms with Gasteiger partial charge in [0.15, 0.2) is 0 Å². The van der Waals surface area contributed by atoms with Crippen LogP contribution >= 0.6 is 0 Å². The van der Waals surface area contributed by atoms with Gasteiger partial charge in [-0.2, -0.15) is 5.26 Å². The molecule has 0 unspecified atom stereocenters. The summed E-state index contributed by atoms with van der Waals surface area (Å²) in [7, 11) is 0. The highest BCUT2D eigenvalue weighted by Crippen LogP contribution is 2.17. The van der Waals surface area contributed by atoms with Gasteiger partial charge < -0.3 is 10.6 Å². The Bertz CT molecular complexity index is 587. The zero-order chi connectivity index (χ0) is 15.5. The molecule has 1 aromatic carbocycles. The second kappa shape index (κ2) is 5.94. The number of nitrogens with one attached hydrogen (secondary N) is 2. The number of carbonyl (C=O) groups is 2. The van der Waals surface area contributed by atoms with Gasteiger partial charge in [0.2, 0.25) is 11.8 Å². The molecule has 2 rings (SSSR count). The van der Waals surface area contributed by atoms with Gasteiger partial charge in [-0.1, -0.05) is 0 Å². The Labute approximate surface area is 123 Å². The van der Waals surface area contributed by atoms with Crippen LogP contribution in [0.4, 0.5) is 5.69 Å². The second-order valence-corrected chi connectivity index (χ2v) is 5.47. The van der Waals surface area contributed by atoms with E-state index in [2.05, 4.69) is 10.6 Å². The Morgan fingerprint density at radius 1 is 1.43 bits per heavy atom. The lowest BCUT2D eigenvalue weighted by Crippen LogP contribution is -2.62. The summed E-state index contributed by atoms with van der Waals surface area (Å²) < 4.78 is 0. The van der Waals surface area contributed by atoms with Crippen molar-refractivity contribution in [2.45, 2.75) is 19.4 Å². The molecule has 0 saturated carbocycles. The maximum absolute atomic E-state index is 12.1. The topological polar surface area (TPSA) is 85.2 Å². The zero-order valence-electron chi connectivity index (χ0n) is 12.1. The van der Waals surface area contributed by atoms with Gasteiger partial charge in [-0.25, -0.2) is 0 Å². The number of hydrogen-bond acceptors (Lipinski definition) is 4. The van der Waals surface area contributed by atoms with Crippen LogP contribution in [-0.4, -0.2) is 41.9 Å². The molecule has 1 fully saturated rings. The molecule has 0 aromatic heterocycles. The van der Waals surface area contributed by atoms with Crippen LogP contribution in [0.3, 0.4) is 0 Å². The van der Waals surface area contributed by atoms with Crippen molar-refractivity contribution in [1.29, 1.82) is 5.26 Å². The van der Waals surface area contributed by atoms with E-state index in [1.807, 2.05) is 11.0 Å². The van der Waals surface area contributed by atoms with Crippen LogP contribution in [0, 0.1) is 11.3 Å². The molecule has 1 saturated heterocycles. The minimum absolute atomic E-state index is 0.0695. The van der Waals surface area contributed by atoms with E-state index < -0.39 is 5.54 Å². The number of nitrogens with zero attached hydrogens (tertiary/aromatic N) is 2. The summed E-state index contributed by atoms with van der Waals surface area (Å²) in [4.78, 5) is 25.8. The highest BCUT2D eigenvalue weighted by atomic mass is 16.2. The van der Waals surface area contributed by atoms with E-state index in [9.17, 15) is 9.59 Å². The van der Waals surface area contributed by atoms with Crippen molar-refractivity contribution in [3.8, 4) is 6.07 Å². The third kappa shape index (κ3) is 3.38. The van der Waals surface area contributed by atoms with E-state index in [-0.39, 0.29) is 18.4 Å². The fraction of sp³-hybridized carbons (Fsp3) is 0.400. The Kier molecular flexibility index (Phi) is 4.24. The minimum Gasteiger partial charge on any atom is -0.353 e. The molecular formula is C15H18N4O2. The minimum atomic E-state index is -0.694. The average molecular weight is 286 g/mol. The third-order valence-electron chi connectivity index (χ3n) is 3.65. The van der Waals surface area contributed by atoms with Crippen LogP contribution in [0.2, 0.25) is 0 Å². The van der Waals surface area contributed by atoms with Crippen molar-refractivity contribution in [2.75, 3.05) is 25.0 Å². The number of rotatable bonds is 3. The molecule has 0 radical (unpaired) electrons. The fourth-order valence-electron chi connectivity index (χ4n) is 2.22. The number of hydrogen-bond donors (Lipinski definition) is 2. The summed E-state index contributed by atoms with van der Waals surface area (Å²) in [5, 5.41) is 14.3. The highest BCUT2D eigenvalue weighted by Gasteiger charge is 2.38. The van der Waals surface area contributed by atoms with Gasteiger partial charge in [0.05, 0.1) is 23.7 Å². The molecule has 1 aliphatic rings. The fourth-order valence-corrected chi connectivity index (χ4v) is 2.22. The van der Waals surface area contributed by atoms with Crippen LogP contribution in [0.5, 0.6) is 0 Å². The molecule has 110 valence electrons. The summed E-state index contributed by atoms with van der Waals surface area (Å²) in [6.45, 7) is 4.94. The molecule has 6 heteroatoms. The lowest BCUT2D eigenvalue weighted by molar-refractivity contribution is -0.136. The van der Waals surface area contributed by atoms with E-state index in [4.69, 9.17) is 5.26 Å². The molecule has 0 spiro atoms. The first-order chi connectivity index (χ1) is 9.93. The Morgan fingerprint density at radius 3 is 2.71 bits per heavy atom. The molecule has 0 atom stereocenters.